The third-order valence-corrected chi connectivity index (χ3v) is 3.26. The first kappa shape index (κ1) is 11.7. The molecule has 0 aromatic heterocycles. The summed E-state index contributed by atoms with van der Waals surface area (Å²) in [6.07, 6.45) is 3.77. The van der Waals surface area contributed by atoms with Crippen LogP contribution in [0.5, 0.6) is 5.75 Å². The van der Waals surface area contributed by atoms with Gasteiger partial charge in [-0.3, -0.25) is 0 Å². The van der Waals surface area contributed by atoms with Crippen molar-refractivity contribution in [3.63, 3.8) is 0 Å². The summed E-state index contributed by atoms with van der Waals surface area (Å²) in [5.74, 6) is 0.781. The Labute approximate surface area is 102 Å². The SMILES string of the molecule is CCOc1ccc(C2CCCCN2)cc1Cl. The van der Waals surface area contributed by atoms with Gasteiger partial charge < -0.3 is 10.1 Å². The molecule has 1 aliphatic heterocycles. The van der Waals surface area contributed by atoms with Gasteiger partial charge in [0.2, 0.25) is 0 Å². The minimum absolute atomic E-state index is 0.460. The second-order valence-corrected chi connectivity index (χ2v) is 4.53. The van der Waals surface area contributed by atoms with E-state index in [9.17, 15) is 0 Å². The van der Waals surface area contributed by atoms with Gasteiger partial charge in [0.15, 0.2) is 0 Å². The van der Waals surface area contributed by atoms with Crippen LogP contribution in [0, 0.1) is 0 Å². The Morgan fingerprint density at radius 1 is 1.44 bits per heavy atom. The zero-order chi connectivity index (χ0) is 11.4. The van der Waals surface area contributed by atoms with E-state index in [-0.39, 0.29) is 0 Å². The van der Waals surface area contributed by atoms with Crippen LogP contribution in [0.2, 0.25) is 5.02 Å². The standard InChI is InChI=1S/C13H18ClNO/c1-2-16-13-7-6-10(9-11(13)14)12-5-3-4-8-15-12/h6-7,9,12,15H,2-5,8H2,1H3. The fraction of sp³-hybridized carbons (Fsp3) is 0.538. The van der Waals surface area contributed by atoms with E-state index in [0.29, 0.717) is 17.7 Å². The lowest BCUT2D eigenvalue weighted by molar-refractivity contribution is 0.340. The van der Waals surface area contributed by atoms with Crippen molar-refractivity contribution in [2.75, 3.05) is 13.2 Å². The fourth-order valence-electron chi connectivity index (χ4n) is 2.14. The lowest BCUT2D eigenvalue weighted by Crippen LogP contribution is -2.26. The van der Waals surface area contributed by atoms with Crippen molar-refractivity contribution in [1.82, 2.24) is 5.32 Å². The van der Waals surface area contributed by atoms with Crippen molar-refractivity contribution in [1.29, 1.82) is 0 Å². The van der Waals surface area contributed by atoms with Crippen molar-refractivity contribution in [2.45, 2.75) is 32.2 Å². The van der Waals surface area contributed by atoms with Crippen molar-refractivity contribution >= 4 is 11.6 Å². The predicted octanol–water partition coefficient (Wildman–Crippen LogP) is 3.55. The van der Waals surface area contributed by atoms with E-state index < -0.39 is 0 Å². The molecule has 1 aromatic carbocycles. The summed E-state index contributed by atoms with van der Waals surface area (Å²) in [7, 11) is 0. The van der Waals surface area contributed by atoms with Gasteiger partial charge in [-0.15, -0.1) is 0 Å². The van der Waals surface area contributed by atoms with Gasteiger partial charge in [0.25, 0.3) is 0 Å². The molecule has 3 heteroatoms. The number of halogens is 1. The highest BCUT2D eigenvalue weighted by molar-refractivity contribution is 6.32. The lowest BCUT2D eigenvalue weighted by atomic mass is 9.97. The first-order valence-electron chi connectivity index (χ1n) is 5.97. The van der Waals surface area contributed by atoms with Gasteiger partial charge in [0.05, 0.1) is 11.6 Å². The smallest absolute Gasteiger partial charge is 0.137 e. The molecule has 88 valence electrons. The molecule has 1 unspecified atom stereocenters. The van der Waals surface area contributed by atoms with Gasteiger partial charge in [0, 0.05) is 6.04 Å². The van der Waals surface area contributed by atoms with Crippen LogP contribution in [0.1, 0.15) is 37.8 Å². The van der Waals surface area contributed by atoms with Crippen molar-refractivity contribution in [3.8, 4) is 5.75 Å². The number of hydrogen-bond acceptors (Lipinski definition) is 2. The maximum absolute atomic E-state index is 6.17. The summed E-state index contributed by atoms with van der Waals surface area (Å²) in [5, 5.41) is 4.23. The normalized spacial score (nSPS) is 20.8. The van der Waals surface area contributed by atoms with Crippen molar-refractivity contribution in [3.05, 3.63) is 28.8 Å². The van der Waals surface area contributed by atoms with Gasteiger partial charge in [-0.05, 0) is 44.0 Å². The maximum Gasteiger partial charge on any atom is 0.137 e. The van der Waals surface area contributed by atoms with Crippen molar-refractivity contribution in [2.24, 2.45) is 0 Å². The van der Waals surface area contributed by atoms with E-state index in [0.717, 1.165) is 12.3 Å². The van der Waals surface area contributed by atoms with Crippen LogP contribution in [-0.4, -0.2) is 13.2 Å². The van der Waals surface area contributed by atoms with Gasteiger partial charge in [-0.25, -0.2) is 0 Å². The topological polar surface area (TPSA) is 21.3 Å². The largest absolute Gasteiger partial charge is 0.492 e. The molecule has 1 N–H and O–H groups in total. The van der Waals surface area contributed by atoms with Crippen LogP contribution in [0.4, 0.5) is 0 Å². The molecule has 1 aromatic rings. The predicted molar refractivity (Wildman–Crippen MR) is 67.2 cm³/mol. The van der Waals surface area contributed by atoms with Crippen LogP contribution in [0.25, 0.3) is 0 Å². The highest BCUT2D eigenvalue weighted by Gasteiger charge is 2.15. The molecule has 0 saturated carbocycles. The van der Waals surface area contributed by atoms with Crippen LogP contribution in [-0.2, 0) is 0 Å². The minimum Gasteiger partial charge on any atom is -0.492 e. The number of rotatable bonds is 3. The second-order valence-electron chi connectivity index (χ2n) is 4.13. The summed E-state index contributed by atoms with van der Waals surface area (Å²) >= 11 is 6.17. The van der Waals surface area contributed by atoms with Crippen molar-refractivity contribution < 1.29 is 4.74 Å². The van der Waals surface area contributed by atoms with E-state index in [1.54, 1.807) is 0 Å². The Hall–Kier alpha value is -0.730. The zero-order valence-corrected chi connectivity index (χ0v) is 10.4. The Bertz CT molecular complexity index is 348. The van der Waals surface area contributed by atoms with Crippen LogP contribution < -0.4 is 10.1 Å². The van der Waals surface area contributed by atoms with Gasteiger partial charge in [-0.2, -0.15) is 0 Å². The molecule has 0 aliphatic carbocycles. The molecule has 1 heterocycles. The third kappa shape index (κ3) is 2.69. The highest BCUT2D eigenvalue weighted by atomic mass is 35.5. The molecule has 0 amide bonds. The number of nitrogens with one attached hydrogen (secondary N) is 1. The minimum atomic E-state index is 0.460. The lowest BCUT2D eigenvalue weighted by Gasteiger charge is -2.24. The summed E-state index contributed by atoms with van der Waals surface area (Å²) in [6.45, 7) is 3.73. The average molecular weight is 240 g/mol. The quantitative estimate of drug-likeness (QED) is 0.871. The van der Waals surface area contributed by atoms with Crippen LogP contribution in [0.3, 0.4) is 0 Å². The van der Waals surface area contributed by atoms with Gasteiger partial charge in [-0.1, -0.05) is 24.1 Å². The van der Waals surface area contributed by atoms with E-state index in [4.69, 9.17) is 16.3 Å². The Balaban J connectivity index is 2.13. The summed E-state index contributed by atoms with van der Waals surface area (Å²) in [4.78, 5) is 0. The van der Waals surface area contributed by atoms with E-state index in [2.05, 4.69) is 11.4 Å². The summed E-state index contributed by atoms with van der Waals surface area (Å²) < 4.78 is 5.43. The average Bonchev–Trinajstić information content (AvgIpc) is 2.33. The number of ether oxygens (including phenoxy) is 1. The molecule has 0 spiro atoms. The number of piperidine rings is 1. The Morgan fingerprint density at radius 3 is 2.94 bits per heavy atom. The highest BCUT2D eigenvalue weighted by Crippen LogP contribution is 2.30. The summed E-state index contributed by atoms with van der Waals surface area (Å²) in [6, 6.07) is 6.56. The molecule has 2 nitrogen and oxygen atoms in total. The fourth-order valence-corrected chi connectivity index (χ4v) is 2.39. The monoisotopic (exact) mass is 239 g/mol. The molecular formula is C13H18ClNO. The van der Waals surface area contributed by atoms with E-state index >= 15 is 0 Å². The first-order chi connectivity index (χ1) is 7.81. The molecule has 0 bridgehead atoms. The Morgan fingerprint density at radius 2 is 2.31 bits per heavy atom. The molecule has 1 fully saturated rings. The molecule has 1 aliphatic rings. The summed E-state index contributed by atoms with van der Waals surface area (Å²) in [5.41, 5.74) is 1.27. The molecule has 1 atom stereocenters. The van der Waals surface area contributed by atoms with E-state index in [1.807, 2.05) is 19.1 Å². The second kappa shape index (κ2) is 5.55. The van der Waals surface area contributed by atoms with Gasteiger partial charge >= 0.3 is 0 Å². The zero-order valence-electron chi connectivity index (χ0n) is 9.63. The van der Waals surface area contributed by atoms with Gasteiger partial charge in [0.1, 0.15) is 5.75 Å². The van der Waals surface area contributed by atoms with Crippen LogP contribution in [0.15, 0.2) is 18.2 Å². The molecule has 2 rings (SSSR count). The number of benzene rings is 1. The third-order valence-electron chi connectivity index (χ3n) is 2.97. The van der Waals surface area contributed by atoms with E-state index in [1.165, 1.54) is 24.8 Å². The molecule has 0 radical (unpaired) electrons. The molecule has 16 heavy (non-hydrogen) atoms. The first-order valence-corrected chi connectivity index (χ1v) is 6.34. The Kier molecular flexibility index (Phi) is 4.08. The molecular weight excluding hydrogens is 222 g/mol. The maximum atomic E-state index is 6.17. The number of hydrogen-bond donors (Lipinski definition) is 1. The molecule has 1 saturated heterocycles. The van der Waals surface area contributed by atoms with Crippen LogP contribution >= 0.6 is 11.6 Å².